The van der Waals surface area contributed by atoms with Gasteiger partial charge < -0.3 is 9.73 Å². The van der Waals surface area contributed by atoms with Gasteiger partial charge in [0.25, 0.3) is 0 Å². The predicted octanol–water partition coefficient (Wildman–Crippen LogP) is 2.22. The van der Waals surface area contributed by atoms with E-state index in [2.05, 4.69) is 10.7 Å². The van der Waals surface area contributed by atoms with Crippen LogP contribution in [0.4, 0.5) is 0 Å². The lowest BCUT2D eigenvalue weighted by Gasteiger charge is -2.12. The Kier molecular flexibility index (Phi) is 2.38. The van der Waals surface area contributed by atoms with Crippen molar-refractivity contribution >= 4 is 17.1 Å². The Bertz CT molecular complexity index is 513. The lowest BCUT2D eigenvalue weighted by atomic mass is 10.0. The summed E-state index contributed by atoms with van der Waals surface area (Å²) in [4.78, 5) is 13.0. The minimum Gasteiger partial charge on any atom is -0.469 e. The van der Waals surface area contributed by atoms with E-state index in [0.29, 0.717) is 13.0 Å². The number of ketones is 1. The third kappa shape index (κ3) is 1.60. The summed E-state index contributed by atoms with van der Waals surface area (Å²) in [5.74, 6) is 1.11. The highest BCUT2D eigenvalue weighted by Gasteiger charge is 2.22. The van der Waals surface area contributed by atoms with Crippen molar-refractivity contribution in [3.63, 3.8) is 0 Å². The number of nitrogens with one attached hydrogen (secondary N) is 1. The van der Waals surface area contributed by atoms with Crippen molar-refractivity contribution in [3.8, 4) is 0 Å². The fourth-order valence-electron chi connectivity index (χ4n) is 2.01. The van der Waals surface area contributed by atoms with Gasteiger partial charge in [-0.2, -0.15) is 0 Å². The van der Waals surface area contributed by atoms with Gasteiger partial charge in [-0.05, 0) is 23.1 Å². The average Bonchev–Trinajstić information content (AvgIpc) is 2.90. The molecule has 82 valence electrons. The summed E-state index contributed by atoms with van der Waals surface area (Å²) < 4.78 is 5.31. The molecule has 3 rings (SSSR count). The molecule has 3 heterocycles. The molecule has 16 heavy (non-hydrogen) atoms. The molecule has 0 amide bonds. The van der Waals surface area contributed by atoms with E-state index in [1.807, 2.05) is 12.1 Å². The van der Waals surface area contributed by atoms with E-state index in [1.54, 1.807) is 17.6 Å². The number of carbonyl (C=O) groups excluding carboxylic acids is 1. The molecule has 2 aromatic rings. The summed E-state index contributed by atoms with van der Waals surface area (Å²) in [6.07, 6.45) is 2.38. The fourth-order valence-corrected chi connectivity index (χ4v) is 3.05. The Balaban J connectivity index is 1.96. The Hall–Kier alpha value is -1.39. The number of thiophene rings is 1. The summed E-state index contributed by atoms with van der Waals surface area (Å²) in [5.41, 5.74) is 2.02. The van der Waals surface area contributed by atoms with Gasteiger partial charge in [-0.25, -0.2) is 0 Å². The van der Waals surface area contributed by atoms with Crippen LogP contribution in [0.5, 0.6) is 0 Å². The van der Waals surface area contributed by atoms with Gasteiger partial charge in [0.05, 0.1) is 12.8 Å². The predicted molar refractivity (Wildman–Crippen MR) is 61.9 cm³/mol. The van der Waals surface area contributed by atoms with Gasteiger partial charge in [-0.15, -0.1) is 11.3 Å². The SMILES string of the molecule is O=C1CNCc2scc(Cc3ccco3)c21. The summed E-state index contributed by atoms with van der Waals surface area (Å²) in [5, 5.41) is 5.17. The van der Waals surface area contributed by atoms with Crippen LogP contribution in [0.2, 0.25) is 0 Å². The normalized spacial score (nSPS) is 15.1. The molecule has 0 aliphatic carbocycles. The van der Waals surface area contributed by atoms with Crippen LogP contribution in [0, 0.1) is 0 Å². The third-order valence-corrected chi connectivity index (χ3v) is 3.77. The maximum Gasteiger partial charge on any atom is 0.178 e. The van der Waals surface area contributed by atoms with Crippen LogP contribution in [-0.2, 0) is 13.0 Å². The number of fused-ring (bicyclic) bond motifs is 1. The van der Waals surface area contributed by atoms with Crippen molar-refractivity contribution in [3.05, 3.63) is 45.5 Å². The quantitative estimate of drug-likeness (QED) is 0.864. The van der Waals surface area contributed by atoms with Crippen molar-refractivity contribution in [2.24, 2.45) is 0 Å². The van der Waals surface area contributed by atoms with Gasteiger partial charge in [-0.1, -0.05) is 0 Å². The molecule has 0 saturated heterocycles. The summed E-state index contributed by atoms with van der Waals surface area (Å²) >= 11 is 1.65. The molecule has 0 bridgehead atoms. The molecule has 1 N–H and O–H groups in total. The number of rotatable bonds is 2. The summed E-state index contributed by atoms with van der Waals surface area (Å²) in [6.45, 7) is 1.26. The van der Waals surface area contributed by atoms with E-state index in [1.165, 1.54) is 0 Å². The molecule has 1 aliphatic rings. The van der Waals surface area contributed by atoms with E-state index in [9.17, 15) is 4.79 Å². The van der Waals surface area contributed by atoms with Crippen LogP contribution in [0.25, 0.3) is 0 Å². The number of furan rings is 1. The standard InChI is InChI=1S/C12H11NO2S/c14-10-5-13-6-11-12(10)8(7-16-11)4-9-2-1-3-15-9/h1-3,7,13H,4-6H2. The van der Waals surface area contributed by atoms with Crippen LogP contribution >= 0.6 is 11.3 Å². The maximum absolute atomic E-state index is 11.8. The smallest absolute Gasteiger partial charge is 0.178 e. The minimum absolute atomic E-state index is 0.198. The van der Waals surface area contributed by atoms with Crippen molar-refractivity contribution in [1.82, 2.24) is 5.32 Å². The monoisotopic (exact) mass is 233 g/mol. The van der Waals surface area contributed by atoms with Crippen molar-refractivity contribution in [2.45, 2.75) is 13.0 Å². The largest absolute Gasteiger partial charge is 0.469 e. The van der Waals surface area contributed by atoms with Gasteiger partial charge in [-0.3, -0.25) is 4.79 Å². The highest BCUT2D eigenvalue weighted by Crippen LogP contribution is 2.27. The molecule has 0 atom stereocenters. The highest BCUT2D eigenvalue weighted by atomic mass is 32.1. The third-order valence-electron chi connectivity index (χ3n) is 2.74. The van der Waals surface area contributed by atoms with Gasteiger partial charge in [0.15, 0.2) is 5.78 Å². The number of hydrogen-bond donors (Lipinski definition) is 1. The Morgan fingerprint density at radius 2 is 2.38 bits per heavy atom. The number of Topliss-reactive ketones (excluding diaryl/α,β-unsaturated/α-hetero) is 1. The van der Waals surface area contributed by atoms with Crippen LogP contribution < -0.4 is 5.32 Å². The first-order valence-corrected chi connectivity index (χ1v) is 6.08. The number of hydrogen-bond acceptors (Lipinski definition) is 4. The van der Waals surface area contributed by atoms with E-state index in [4.69, 9.17) is 4.42 Å². The van der Waals surface area contributed by atoms with Crippen LogP contribution in [0.3, 0.4) is 0 Å². The van der Waals surface area contributed by atoms with Gasteiger partial charge >= 0.3 is 0 Å². The molecule has 3 nitrogen and oxygen atoms in total. The Morgan fingerprint density at radius 3 is 3.19 bits per heavy atom. The lowest BCUT2D eigenvalue weighted by molar-refractivity contribution is 0.0982. The second-order valence-electron chi connectivity index (χ2n) is 3.84. The van der Waals surface area contributed by atoms with Gasteiger partial charge in [0.1, 0.15) is 5.76 Å². The maximum atomic E-state index is 11.8. The van der Waals surface area contributed by atoms with Crippen molar-refractivity contribution < 1.29 is 9.21 Å². The van der Waals surface area contributed by atoms with Crippen LogP contribution in [0.15, 0.2) is 28.2 Å². The van der Waals surface area contributed by atoms with E-state index < -0.39 is 0 Å². The highest BCUT2D eigenvalue weighted by molar-refractivity contribution is 7.10. The zero-order valence-corrected chi connectivity index (χ0v) is 9.47. The first kappa shape index (κ1) is 9.81. The Labute approximate surface area is 97.1 Å². The van der Waals surface area contributed by atoms with E-state index >= 15 is 0 Å². The first-order chi connectivity index (χ1) is 7.84. The average molecular weight is 233 g/mol. The van der Waals surface area contributed by atoms with E-state index in [-0.39, 0.29) is 5.78 Å². The van der Waals surface area contributed by atoms with Gasteiger partial charge in [0.2, 0.25) is 0 Å². The molecule has 0 unspecified atom stereocenters. The lowest BCUT2D eigenvalue weighted by Crippen LogP contribution is -2.29. The molecule has 4 heteroatoms. The first-order valence-electron chi connectivity index (χ1n) is 5.20. The molecule has 0 fully saturated rings. The molecule has 0 saturated carbocycles. The Morgan fingerprint density at radius 1 is 1.44 bits per heavy atom. The molecule has 1 aliphatic heterocycles. The fraction of sp³-hybridized carbons (Fsp3) is 0.250. The van der Waals surface area contributed by atoms with Crippen LogP contribution in [0.1, 0.15) is 26.6 Å². The van der Waals surface area contributed by atoms with Gasteiger partial charge in [0, 0.05) is 23.4 Å². The summed E-state index contributed by atoms with van der Waals surface area (Å²) in [7, 11) is 0. The molecule has 0 radical (unpaired) electrons. The zero-order chi connectivity index (χ0) is 11.0. The topological polar surface area (TPSA) is 42.2 Å². The molecule has 0 aromatic carbocycles. The minimum atomic E-state index is 0.198. The second kappa shape index (κ2) is 3.88. The number of carbonyl (C=O) groups is 1. The van der Waals surface area contributed by atoms with Crippen molar-refractivity contribution in [1.29, 1.82) is 0 Å². The van der Waals surface area contributed by atoms with E-state index in [0.717, 1.165) is 28.3 Å². The van der Waals surface area contributed by atoms with Crippen molar-refractivity contribution in [2.75, 3.05) is 6.54 Å². The molecule has 2 aromatic heterocycles. The molecular formula is C12H11NO2S. The second-order valence-corrected chi connectivity index (χ2v) is 4.81. The zero-order valence-electron chi connectivity index (χ0n) is 8.66. The molecule has 0 spiro atoms. The van der Waals surface area contributed by atoms with Crippen LogP contribution in [-0.4, -0.2) is 12.3 Å². The summed E-state index contributed by atoms with van der Waals surface area (Å²) in [6, 6.07) is 3.81. The molecular weight excluding hydrogens is 222 g/mol.